The number of nitrogens with one attached hydrogen (secondary N) is 2. The van der Waals surface area contributed by atoms with E-state index in [0.717, 1.165) is 11.4 Å². The molecular formula is C16H12N6O2. The van der Waals surface area contributed by atoms with Gasteiger partial charge in [0.05, 0.1) is 16.6 Å². The lowest BCUT2D eigenvalue weighted by Crippen LogP contribution is -1.96. The number of aromatic hydroxyl groups is 2. The summed E-state index contributed by atoms with van der Waals surface area (Å²) >= 11 is 0. The lowest BCUT2D eigenvalue weighted by Gasteiger charge is -2.07. The van der Waals surface area contributed by atoms with Gasteiger partial charge in [0, 0.05) is 18.1 Å². The third kappa shape index (κ3) is 2.35. The van der Waals surface area contributed by atoms with Gasteiger partial charge in [-0.05, 0) is 41.6 Å². The molecule has 118 valence electrons. The van der Waals surface area contributed by atoms with Crippen molar-refractivity contribution < 1.29 is 10.2 Å². The molecule has 4 N–H and O–H groups in total. The molecule has 8 nitrogen and oxygen atoms in total. The Morgan fingerprint density at radius 3 is 2.62 bits per heavy atom. The first kappa shape index (κ1) is 13.9. The number of fused-ring (bicyclic) bond motifs is 1. The Hall–Kier alpha value is -3.68. The summed E-state index contributed by atoms with van der Waals surface area (Å²) in [5.41, 5.74) is 2.96. The minimum absolute atomic E-state index is 0.129. The molecule has 0 bridgehead atoms. The zero-order valence-electron chi connectivity index (χ0n) is 12.3. The Labute approximate surface area is 135 Å². The second kappa shape index (κ2) is 5.51. The standard InChI is InChI=1S/C16H12N6O2/c23-10-5-3-9(4-6-10)19-12-8-18-15-13(12)14(20-22-21-15)11-2-1-7-17-16(11)24/h1-8,19,23H,(H,17,24)(H,18,20,21). The minimum atomic E-state index is -0.129. The third-order valence-electron chi connectivity index (χ3n) is 3.57. The summed E-state index contributed by atoms with van der Waals surface area (Å²) in [5.74, 6) is 0.0593. The zero-order chi connectivity index (χ0) is 16.5. The van der Waals surface area contributed by atoms with Crippen molar-refractivity contribution in [3.63, 3.8) is 0 Å². The van der Waals surface area contributed by atoms with Crippen LogP contribution >= 0.6 is 0 Å². The van der Waals surface area contributed by atoms with Crippen molar-refractivity contribution >= 4 is 22.4 Å². The molecule has 4 rings (SSSR count). The van der Waals surface area contributed by atoms with Gasteiger partial charge in [0.25, 0.3) is 0 Å². The van der Waals surface area contributed by atoms with Crippen LogP contribution < -0.4 is 5.32 Å². The van der Waals surface area contributed by atoms with Gasteiger partial charge >= 0.3 is 0 Å². The van der Waals surface area contributed by atoms with E-state index >= 15 is 0 Å². The fourth-order valence-corrected chi connectivity index (χ4v) is 2.46. The van der Waals surface area contributed by atoms with Crippen LogP contribution in [0.15, 0.2) is 48.8 Å². The molecule has 0 aliphatic heterocycles. The van der Waals surface area contributed by atoms with Crippen molar-refractivity contribution in [2.75, 3.05) is 5.32 Å². The summed E-state index contributed by atoms with van der Waals surface area (Å²) in [6.45, 7) is 0. The van der Waals surface area contributed by atoms with Gasteiger partial charge in [-0.3, -0.25) is 0 Å². The van der Waals surface area contributed by atoms with Gasteiger partial charge in [-0.2, -0.15) is 0 Å². The number of rotatable bonds is 3. The largest absolute Gasteiger partial charge is 0.508 e. The van der Waals surface area contributed by atoms with E-state index in [1.165, 1.54) is 6.20 Å². The minimum Gasteiger partial charge on any atom is -0.508 e. The number of H-pyrrole nitrogens is 1. The van der Waals surface area contributed by atoms with Crippen molar-refractivity contribution in [2.45, 2.75) is 0 Å². The molecule has 3 aromatic heterocycles. The predicted octanol–water partition coefficient (Wildman–Crippen LogP) is 2.57. The number of anilines is 2. The maximum absolute atomic E-state index is 10.0. The van der Waals surface area contributed by atoms with Gasteiger partial charge in [0.15, 0.2) is 5.65 Å². The van der Waals surface area contributed by atoms with E-state index in [-0.39, 0.29) is 11.6 Å². The van der Waals surface area contributed by atoms with Crippen LogP contribution in [0.5, 0.6) is 11.6 Å². The molecule has 0 saturated carbocycles. The van der Waals surface area contributed by atoms with Crippen LogP contribution in [-0.2, 0) is 0 Å². The normalized spacial score (nSPS) is 10.8. The lowest BCUT2D eigenvalue weighted by molar-refractivity contribution is 0.455. The highest BCUT2D eigenvalue weighted by Gasteiger charge is 2.17. The van der Waals surface area contributed by atoms with Crippen molar-refractivity contribution in [2.24, 2.45) is 0 Å². The summed E-state index contributed by atoms with van der Waals surface area (Å²) in [4.78, 5) is 6.90. The van der Waals surface area contributed by atoms with Gasteiger partial charge in [0.2, 0.25) is 5.88 Å². The molecule has 4 aromatic rings. The number of aromatic amines is 1. The Morgan fingerprint density at radius 2 is 1.83 bits per heavy atom. The van der Waals surface area contributed by atoms with Crippen molar-refractivity contribution in [1.29, 1.82) is 0 Å². The fraction of sp³-hybridized carbons (Fsp3) is 0. The highest BCUT2D eigenvalue weighted by molar-refractivity contribution is 6.01. The number of aromatic nitrogens is 5. The van der Waals surface area contributed by atoms with Crippen molar-refractivity contribution in [1.82, 2.24) is 25.4 Å². The first-order chi connectivity index (χ1) is 11.7. The number of phenols is 1. The average molecular weight is 320 g/mol. The van der Waals surface area contributed by atoms with Gasteiger partial charge < -0.3 is 20.5 Å². The van der Waals surface area contributed by atoms with Crippen LogP contribution in [0.3, 0.4) is 0 Å². The molecule has 0 aliphatic rings. The molecule has 0 fully saturated rings. The molecular weight excluding hydrogens is 308 g/mol. The summed E-state index contributed by atoms with van der Waals surface area (Å²) in [7, 11) is 0. The zero-order valence-corrected chi connectivity index (χ0v) is 12.3. The Bertz CT molecular complexity index is 1010. The number of hydrogen-bond acceptors (Lipinski definition) is 7. The van der Waals surface area contributed by atoms with E-state index in [0.29, 0.717) is 22.3 Å². The molecule has 0 unspecified atom stereocenters. The Balaban J connectivity index is 1.86. The van der Waals surface area contributed by atoms with Crippen LogP contribution in [0.4, 0.5) is 11.4 Å². The van der Waals surface area contributed by atoms with Crippen molar-refractivity contribution in [3.8, 4) is 22.9 Å². The predicted molar refractivity (Wildman–Crippen MR) is 88.0 cm³/mol. The number of benzene rings is 1. The molecule has 24 heavy (non-hydrogen) atoms. The van der Waals surface area contributed by atoms with Gasteiger partial charge in [0.1, 0.15) is 11.4 Å². The van der Waals surface area contributed by atoms with E-state index in [1.54, 1.807) is 42.6 Å². The highest BCUT2D eigenvalue weighted by Crippen LogP contribution is 2.35. The summed E-state index contributed by atoms with van der Waals surface area (Å²) in [5, 5.41) is 35.1. The van der Waals surface area contributed by atoms with Gasteiger partial charge in [-0.15, -0.1) is 10.2 Å². The molecule has 0 amide bonds. The molecule has 3 heterocycles. The SMILES string of the molecule is Oc1ccc(Nc2c[nH]c3nnnc(-c4cccnc4O)c23)cc1. The molecule has 0 radical (unpaired) electrons. The van der Waals surface area contributed by atoms with E-state index in [1.807, 2.05) is 0 Å². The first-order valence-electron chi connectivity index (χ1n) is 7.13. The highest BCUT2D eigenvalue weighted by atomic mass is 16.3. The second-order valence-corrected chi connectivity index (χ2v) is 5.11. The number of phenolic OH excluding ortho intramolecular Hbond substituents is 1. The molecule has 0 spiro atoms. The quantitative estimate of drug-likeness (QED) is 0.428. The Morgan fingerprint density at radius 1 is 1.00 bits per heavy atom. The fourth-order valence-electron chi connectivity index (χ4n) is 2.46. The van der Waals surface area contributed by atoms with Gasteiger partial charge in [-0.1, -0.05) is 0 Å². The smallest absolute Gasteiger partial charge is 0.220 e. The van der Waals surface area contributed by atoms with Crippen LogP contribution in [0, 0.1) is 0 Å². The molecule has 1 aromatic carbocycles. The second-order valence-electron chi connectivity index (χ2n) is 5.11. The van der Waals surface area contributed by atoms with Crippen LogP contribution in [-0.4, -0.2) is 35.6 Å². The molecule has 0 saturated heterocycles. The maximum atomic E-state index is 10.0. The van der Waals surface area contributed by atoms with Crippen LogP contribution in [0.2, 0.25) is 0 Å². The number of hydrogen-bond donors (Lipinski definition) is 4. The maximum Gasteiger partial charge on any atom is 0.220 e. The van der Waals surface area contributed by atoms with Gasteiger partial charge in [-0.25, -0.2) is 4.98 Å². The average Bonchev–Trinajstić information content (AvgIpc) is 3.01. The van der Waals surface area contributed by atoms with E-state index in [9.17, 15) is 10.2 Å². The van der Waals surface area contributed by atoms with E-state index in [4.69, 9.17) is 0 Å². The summed E-state index contributed by atoms with van der Waals surface area (Å²) in [6.07, 6.45) is 3.24. The Kier molecular flexibility index (Phi) is 3.20. The molecule has 8 heteroatoms. The summed E-state index contributed by atoms with van der Waals surface area (Å²) < 4.78 is 0. The lowest BCUT2D eigenvalue weighted by atomic mass is 10.1. The topological polar surface area (TPSA) is 120 Å². The van der Waals surface area contributed by atoms with Crippen LogP contribution in [0.1, 0.15) is 0 Å². The molecule has 0 atom stereocenters. The van der Waals surface area contributed by atoms with Crippen molar-refractivity contribution in [3.05, 3.63) is 48.8 Å². The monoisotopic (exact) mass is 320 g/mol. The van der Waals surface area contributed by atoms with E-state index < -0.39 is 0 Å². The molecule has 0 aliphatic carbocycles. The van der Waals surface area contributed by atoms with E-state index in [2.05, 4.69) is 30.7 Å². The summed E-state index contributed by atoms with van der Waals surface area (Å²) in [6, 6.07) is 10.1. The third-order valence-corrected chi connectivity index (χ3v) is 3.57. The van der Waals surface area contributed by atoms with Crippen LogP contribution in [0.25, 0.3) is 22.3 Å². The first-order valence-corrected chi connectivity index (χ1v) is 7.13. The number of pyridine rings is 1. The number of nitrogens with zero attached hydrogens (tertiary/aromatic N) is 4.